The number of amides is 1. The molecule has 1 N–H and O–H groups in total. The van der Waals surface area contributed by atoms with Gasteiger partial charge in [-0.1, -0.05) is 31.2 Å². The smallest absolute Gasteiger partial charge is 0.248 e. The van der Waals surface area contributed by atoms with Crippen molar-refractivity contribution in [3.8, 4) is 0 Å². The van der Waals surface area contributed by atoms with Gasteiger partial charge >= 0.3 is 0 Å². The highest BCUT2D eigenvalue weighted by atomic mass is 32.2. The molecule has 0 heterocycles. The van der Waals surface area contributed by atoms with Gasteiger partial charge in [-0.05, 0) is 36.8 Å². The summed E-state index contributed by atoms with van der Waals surface area (Å²) in [7, 11) is -5.77. The molecule has 0 aromatic heterocycles. The number of nitrogens with zero attached hydrogens (tertiary/aromatic N) is 2. The van der Waals surface area contributed by atoms with E-state index in [-0.39, 0.29) is 6.42 Å². The number of hydrogen-bond donors (Lipinski definition) is 1. The van der Waals surface area contributed by atoms with Crippen molar-refractivity contribution < 1.29 is 21.6 Å². The van der Waals surface area contributed by atoms with Crippen LogP contribution < -0.4 is 13.9 Å². The topological polar surface area (TPSA) is 104 Å². The molecule has 0 saturated heterocycles. The Morgan fingerprint density at radius 1 is 0.931 bits per heavy atom. The van der Waals surface area contributed by atoms with Crippen molar-refractivity contribution in [3.05, 3.63) is 54.6 Å². The van der Waals surface area contributed by atoms with Gasteiger partial charge < -0.3 is 5.32 Å². The first-order valence-corrected chi connectivity index (χ1v) is 12.5. The number of hydrogen-bond acceptors (Lipinski definition) is 5. The van der Waals surface area contributed by atoms with Crippen molar-refractivity contribution in [2.75, 3.05) is 33.5 Å². The van der Waals surface area contributed by atoms with Gasteiger partial charge in [0.15, 0.2) is 0 Å². The van der Waals surface area contributed by atoms with E-state index in [9.17, 15) is 21.6 Å². The van der Waals surface area contributed by atoms with Gasteiger partial charge in [0.1, 0.15) is 6.04 Å². The van der Waals surface area contributed by atoms with E-state index in [0.717, 1.165) is 21.1 Å². The van der Waals surface area contributed by atoms with E-state index in [0.29, 0.717) is 17.1 Å². The van der Waals surface area contributed by atoms with E-state index in [1.54, 1.807) is 55.5 Å². The first-order chi connectivity index (χ1) is 13.4. The molecule has 0 aliphatic rings. The Hall–Kier alpha value is -2.59. The molecule has 0 fully saturated rings. The molecule has 1 amide bonds. The van der Waals surface area contributed by atoms with Crippen molar-refractivity contribution in [2.24, 2.45) is 0 Å². The molecular formula is C19H25N3O5S2. The second-order valence-corrected chi connectivity index (χ2v) is 10.5. The van der Waals surface area contributed by atoms with Gasteiger partial charge in [-0.15, -0.1) is 0 Å². The molecule has 1 unspecified atom stereocenters. The Morgan fingerprint density at radius 2 is 1.52 bits per heavy atom. The minimum Gasteiger partial charge on any atom is -0.324 e. The fourth-order valence-electron chi connectivity index (χ4n) is 2.83. The third kappa shape index (κ3) is 5.70. The number of sulfonamides is 2. The summed E-state index contributed by atoms with van der Waals surface area (Å²) in [6.45, 7) is 1.72. The van der Waals surface area contributed by atoms with E-state index in [2.05, 4.69) is 5.32 Å². The maximum absolute atomic E-state index is 12.9. The lowest BCUT2D eigenvalue weighted by Crippen LogP contribution is -2.47. The molecule has 0 spiro atoms. The number of nitrogens with one attached hydrogen (secondary N) is 1. The van der Waals surface area contributed by atoms with Gasteiger partial charge in [0.2, 0.25) is 26.0 Å². The second kappa shape index (κ2) is 8.83. The van der Waals surface area contributed by atoms with Crippen LogP contribution in [0.25, 0.3) is 0 Å². The molecule has 1 atom stereocenters. The van der Waals surface area contributed by atoms with Crippen molar-refractivity contribution in [1.29, 1.82) is 0 Å². The molecule has 158 valence electrons. The summed E-state index contributed by atoms with van der Waals surface area (Å²) >= 11 is 0. The van der Waals surface area contributed by atoms with Crippen LogP contribution in [0.15, 0.2) is 54.6 Å². The molecule has 2 aromatic rings. The summed E-state index contributed by atoms with van der Waals surface area (Å²) in [4.78, 5) is 12.9. The zero-order valence-corrected chi connectivity index (χ0v) is 18.4. The number of anilines is 3. The minimum atomic E-state index is -3.72. The van der Waals surface area contributed by atoms with Crippen molar-refractivity contribution in [3.63, 3.8) is 0 Å². The first kappa shape index (κ1) is 22.7. The summed E-state index contributed by atoms with van der Waals surface area (Å²) in [5.41, 5.74) is 1.13. The molecule has 0 bridgehead atoms. The Morgan fingerprint density at radius 3 is 2.03 bits per heavy atom. The molecule has 0 radical (unpaired) electrons. The Labute approximate surface area is 172 Å². The van der Waals surface area contributed by atoms with E-state index < -0.39 is 32.0 Å². The lowest BCUT2D eigenvalue weighted by Gasteiger charge is -2.30. The molecule has 0 saturated carbocycles. The average molecular weight is 440 g/mol. The van der Waals surface area contributed by atoms with E-state index >= 15 is 0 Å². The molecule has 0 aliphatic carbocycles. The number of benzene rings is 2. The van der Waals surface area contributed by atoms with Gasteiger partial charge in [-0.2, -0.15) is 0 Å². The zero-order chi connectivity index (χ0) is 21.8. The third-order valence-corrected chi connectivity index (χ3v) is 6.70. The average Bonchev–Trinajstić information content (AvgIpc) is 2.64. The summed E-state index contributed by atoms with van der Waals surface area (Å²) in [6, 6.07) is 13.8. The Bertz CT molecular complexity index is 1070. The maximum Gasteiger partial charge on any atom is 0.248 e. The fourth-order valence-corrected chi connectivity index (χ4v) is 4.54. The zero-order valence-electron chi connectivity index (χ0n) is 16.7. The normalized spacial score (nSPS) is 12.8. The molecular weight excluding hydrogens is 414 g/mol. The van der Waals surface area contributed by atoms with Gasteiger partial charge in [-0.3, -0.25) is 13.4 Å². The number of rotatable bonds is 8. The quantitative estimate of drug-likeness (QED) is 0.679. The van der Waals surface area contributed by atoms with Crippen molar-refractivity contribution in [1.82, 2.24) is 0 Å². The molecule has 10 heteroatoms. The van der Waals surface area contributed by atoms with E-state index in [4.69, 9.17) is 0 Å². The van der Waals surface area contributed by atoms with Crippen LogP contribution >= 0.6 is 0 Å². The number of carbonyl (C=O) groups is 1. The van der Waals surface area contributed by atoms with Crippen LogP contribution in [-0.2, 0) is 24.8 Å². The van der Waals surface area contributed by atoms with Crippen molar-refractivity contribution in [2.45, 2.75) is 19.4 Å². The van der Waals surface area contributed by atoms with Gasteiger partial charge in [0, 0.05) is 12.7 Å². The van der Waals surface area contributed by atoms with Crippen LogP contribution in [0, 0.1) is 0 Å². The summed E-state index contributed by atoms with van der Waals surface area (Å²) in [5, 5.41) is 2.70. The standard InChI is InChI=1S/C19H25N3O5S2/c1-5-18(22(29(4,26)27)16-11-7-6-8-12-16)19(23)20-15-10-9-13-17(14-15)21(2)28(3,24)25/h6-14,18H,5H2,1-4H3,(H,20,23). The largest absolute Gasteiger partial charge is 0.324 e. The van der Waals surface area contributed by atoms with Crippen molar-refractivity contribution >= 4 is 43.0 Å². The lowest BCUT2D eigenvalue weighted by molar-refractivity contribution is -0.117. The van der Waals surface area contributed by atoms with Crippen LogP contribution in [0.3, 0.4) is 0 Å². The Balaban J connectivity index is 2.35. The molecule has 2 aromatic carbocycles. The van der Waals surface area contributed by atoms with Crippen LogP contribution in [0.2, 0.25) is 0 Å². The minimum absolute atomic E-state index is 0.247. The van der Waals surface area contributed by atoms with Gasteiger partial charge in [0.05, 0.1) is 23.9 Å². The monoisotopic (exact) mass is 439 g/mol. The molecule has 8 nitrogen and oxygen atoms in total. The highest BCUT2D eigenvalue weighted by molar-refractivity contribution is 7.92. The molecule has 0 aliphatic heterocycles. The Kier molecular flexibility index (Phi) is 6.91. The first-order valence-electron chi connectivity index (χ1n) is 8.84. The second-order valence-electron chi connectivity index (χ2n) is 6.59. The summed E-state index contributed by atoms with van der Waals surface area (Å²) in [5.74, 6) is -0.513. The predicted octanol–water partition coefficient (Wildman–Crippen LogP) is 2.27. The summed E-state index contributed by atoms with van der Waals surface area (Å²) < 4.78 is 50.5. The van der Waals surface area contributed by atoms with Crippen LogP contribution in [-0.4, -0.2) is 48.3 Å². The van der Waals surface area contributed by atoms with Crippen LogP contribution in [0.1, 0.15) is 13.3 Å². The highest BCUT2D eigenvalue weighted by Gasteiger charge is 2.31. The van der Waals surface area contributed by atoms with E-state index in [1.807, 2.05) is 0 Å². The predicted molar refractivity (Wildman–Crippen MR) is 116 cm³/mol. The van der Waals surface area contributed by atoms with Crippen LogP contribution in [0.5, 0.6) is 0 Å². The third-order valence-electron chi connectivity index (χ3n) is 4.32. The maximum atomic E-state index is 12.9. The van der Waals surface area contributed by atoms with Gasteiger partial charge in [-0.25, -0.2) is 16.8 Å². The highest BCUT2D eigenvalue weighted by Crippen LogP contribution is 2.24. The summed E-state index contributed by atoms with van der Waals surface area (Å²) in [6.07, 6.45) is 2.38. The molecule has 29 heavy (non-hydrogen) atoms. The number of carbonyl (C=O) groups excluding carboxylic acids is 1. The van der Waals surface area contributed by atoms with Gasteiger partial charge in [0.25, 0.3) is 0 Å². The number of para-hydroxylation sites is 1. The SMILES string of the molecule is CCC(C(=O)Nc1cccc(N(C)S(C)(=O)=O)c1)N(c1ccccc1)S(C)(=O)=O. The van der Waals surface area contributed by atoms with Crippen LogP contribution in [0.4, 0.5) is 17.1 Å². The molecule has 2 rings (SSSR count). The lowest BCUT2D eigenvalue weighted by atomic mass is 10.1. The van der Waals surface area contributed by atoms with E-state index in [1.165, 1.54) is 13.1 Å². The fraction of sp³-hybridized carbons (Fsp3) is 0.316.